The van der Waals surface area contributed by atoms with Crippen molar-refractivity contribution in [1.29, 1.82) is 0 Å². The summed E-state index contributed by atoms with van der Waals surface area (Å²) >= 11 is 1.71. The maximum absolute atomic E-state index is 4.86. The summed E-state index contributed by atoms with van der Waals surface area (Å²) in [6.45, 7) is 2.09. The van der Waals surface area contributed by atoms with Crippen LogP contribution in [0.25, 0.3) is 55.4 Å². The van der Waals surface area contributed by atoms with E-state index in [0.29, 0.717) is 11.5 Å². The van der Waals surface area contributed by atoms with Crippen LogP contribution in [0.5, 0.6) is 0 Å². The molecule has 144 valence electrons. The molecule has 0 radical (unpaired) electrons. The predicted octanol–water partition coefficient (Wildman–Crippen LogP) is 5.00. The molecule has 6 aromatic heterocycles. The van der Waals surface area contributed by atoms with Crippen LogP contribution in [-0.4, -0.2) is 35.1 Å². The van der Waals surface area contributed by atoms with E-state index in [4.69, 9.17) is 4.98 Å². The number of aromatic nitrogens is 7. The average Bonchev–Trinajstić information content (AvgIpc) is 3.51. The minimum absolute atomic E-state index is 0.679. The number of thiophene rings is 1. The van der Waals surface area contributed by atoms with Gasteiger partial charge in [-0.05, 0) is 43.3 Å². The Balaban J connectivity index is 1.52. The molecule has 2 N–H and O–H groups in total. The highest BCUT2D eigenvalue weighted by molar-refractivity contribution is 7.15. The van der Waals surface area contributed by atoms with E-state index in [2.05, 4.69) is 49.2 Å². The monoisotopic (exact) mass is 409 g/mol. The lowest BCUT2D eigenvalue weighted by molar-refractivity contribution is 1.09. The van der Waals surface area contributed by atoms with E-state index in [-0.39, 0.29) is 0 Å². The molecule has 6 aromatic rings. The van der Waals surface area contributed by atoms with E-state index in [1.165, 1.54) is 4.88 Å². The molecule has 7 nitrogen and oxygen atoms in total. The SMILES string of the molecule is Cc1ccc(-c2nccc3[nH]c(-c4n[nH]c5ncc(-c6ccccn6)cc45)nc23)s1. The molecule has 0 aliphatic heterocycles. The molecular weight excluding hydrogens is 394 g/mol. The van der Waals surface area contributed by atoms with Gasteiger partial charge < -0.3 is 4.98 Å². The molecule has 0 aromatic carbocycles. The Labute approximate surface area is 174 Å². The molecule has 6 heterocycles. The van der Waals surface area contributed by atoms with Crippen LogP contribution >= 0.6 is 11.3 Å². The number of imidazole rings is 1. The van der Waals surface area contributed by atoms with Gasteiger partial charge in [0.1, 0.15) is 16.9 Å². The summed E-state index contributed by atoms with van der Waals surface area (Å²) in [5, 5.41) is 8.37. The number of pyridine rings is 3. The lowest BCUT2D eigenvalue weighted by Crippen LogP contribution is -1.86. The van der Waals surface area contributed by atoms with E-state index in [0.717, 1.165) is 43.9 Å². The summed E-state index contributed by atoms with van der Waals surface area (Å²) in [7, 11) is 0. The van der Waals surface area contributed by atoms with Gasteiger partial charge in [-0.25, -0.2) is 9.97 Å². The van der Waals surface area contributed by atoms with Crippen LogP contribution in [0.3, 0.4) is 0 Å². The fourth-order valence-electron chi connectivity index (χ4n) is 3.55. The Morgan fingerprint density at radius 2 is 1.90 bits per heavy atom. The first-order valence-electron chi connectivity index (χ1n) is 9.44. The van der Waals surface area contributed by atoms with Gasteiger partial charge in [0.05, 0.1) is 21.5 Å². The zero-order chi connectivity index (χ0) is 20.1. The smallest absolute Gasteiger partial charge is 0.159 e. The zero-order valence-corrected chi connectivity index (χ0v) is 16.7. The molecule has 0 aliphatic carbocycles. The van der Waals surface area contributed by atoms with Crippen molar-refractivity contribution in [2.24, 2.45) is 0 Å². The minimum atomic E-state index is 0.679. The van der Waals surface area contributed by atoms with Gasteiger partial charge in [-0.15, -0.1) is 11.3 Å². The minimum Gasteiger partial charge on any atom is -0.336 e. The van der Waals surface area contributed by atoms with Crippen LogP contribution in [0.15, 0.2) is 61.1 Å². The number of aromatic amines is 2. The number of hydrogen-bond acceptors (Lipinski definition) is 6. The van der Waals surface area contributed by atoms with Crippen molar-refractivity contribution in [1.82, 2.24) is 35.1 Å². The Morgan fingerprint density at radius 1 is 0.933 bits per heavy atom. The highest BCUT2D eigenvalue weighted by atomic mass is 32.1. The molecule has 0 bridgehead atoms. The van der Waals surface area contributed by atoms with Crippen molar-refractivity contribution in [3.63, 3.8) is 0 Å². The molecule has 6 rings (SSSR count). The molecule has 0 amide bonds. The van der Waals surface area contributed by atoms with Crippen LogP contribution in [0.4, 0.5) is 0 Å². The van der Waals surface area contributed by atoms with Crippen LogP contribution < -0.4 is 0 Å². The Kier molecular flexibility index (Phi) is 3.72. The molecule has 0 saturated carbocycles. The Hall–Kier alpha value is -3.91. The molecule has 0 saturated heterocycles. The van der Waals surface area contributed by atoms with Crippen molar-refractivity contribution in [2.75, 3.05) is 0 Å². The lowest BCUT2D eigenvalue weighted by atomic mass is 10.1. The molecular formula is C22H15N7S. The number of nitrogens with zero attached hydrogens (tertiary/aromatic N) is 5. The fraction of sp³-hybridized carbons (Fsp3) is 0.0455. The third-order valence-corrected chi connectivity index (χ3v) is 5.98. The van der Waals surface area contributed by atoms with Gasteiger partial charge in [-0.1, -0.05) is 6.07 Å². The van der Waals surface area contributed by atoms with Crippen LogP contribution in [0.1, 0.15) is 4.88 Å². The summed E-state index contributed by atoms with van der Waals surface area (Å²) in [5.41, 5.74) is 5.85. The fourth-order valence-corrected chi connectivity index (χ4v) is 4.41. The standard InChI is InChI=1S/C22H15N7S/c1-12-5-6-17(30-12)20-19-16(7-9-24-20)26-22(27-19)18-14-10-13(11-25-21(14)29-28-18)15-4-2-3-8-23-15/h2-11H,1H3,(H,26,27)(H,25,28,29). The summed E-state index contributed by atoms with van der Waals surface area (Å²) in [6.07, 6.45) is 5.38. The van der Waals surface area contributed by atoms with Crippen LogP contribution in [0.2, 0.25) is 0 Å². The molecule has 0 fully saturated rings. The van der Waals surface area contributed by atoms with Gasteiger partial charge in [0.2, 0.25) is 0 Å². The number of aryl methyl sites for hydroxylation is 1. The van der Waals surface area contributed by atoms with Gasteiger partial charge in [-0.3, -0.25) is 15.1 Å². The van der Waals surface area contributed by atoms with Gasteiger partial charge in [0.25, 0.3) is 0 Å². The van der Waals surface area contributed by atoms with Crippen molar-refractivity contribution in [3.8, 4) is 33.3 Å². The third kappa shape index (κ3) is 2.69. The normalized spacial score (nSPS) is 11.5. The van der Waals surface area contributed by atoms with Gasteiger partial charge in [0, 0.05) is 29.0 Å². The summed E-state index contributed by atoms with van der Waals surface area (Å²) in [6, 6.07) is 14.0. The highest BCUT2D eigenvalue weighted by Crippen LogP contribution is 2.33. The maximum Gasteiger partial charge on any atom is 0.159 e. The molecule has 0 atom stereocenters. The van der Waals surface area contributed by atoms with Gasteiger partial charge in [0.15, 0.2) is 11.5 Å². The summed E-state index contributed by atoms with van der Waals surface area (Å²) in [5.74, 6) is 0.679. The summed E-state index contributed by atoms with van der Waals surface area (Å²) in [4.78, 5) is 24.1. The number of rotatable bonds is 3. The number of hydrogen-bond donors (Lipinski definition) is 2. The van der Waals surface area contributed by atoms with Gasteiger partial charge in [-0.2, -0.15) is 5.10 Å². The number of nitrogens with one attached hydrogen (secondary N) is 2. The molecule has 8 heteroatoms. The first-order chi connectivity index (χ1) is 14.8. The summed E-state index contributed by atoms with van der Waals surface area (Å²) < 4.78 is 0. The molecule has 0 spiro atoms. The third-order valence-electron chi connectivity index (χ3n) is 4.98. The molecule has 0 unspecified atom stereocenters. The maximum atomic E-state index is 4.86. The largest absolute Gasteiger partial charge is 0.336 e. The van der Waals surface area contributed by atoms with E-state index in [1.807, 2.05) is 30.3 Å². The second-order valence-corrected chi connectivity index (χ2v) is 8.25. The first kappa shape index (κ1) is 17.0. The zero-order valence-electron chi connectivity index (χ0n) is 15.9. The predicted molar refractivity (Wildman–Crippen MR) is 118 cm³/mol. The quantitative estimate of drug-likeness (QED) is 0.429. The van der Waals surface area contributed by atoms with Crippen molar-refractivity contribution in [2.45, 2.75) is 6.92 Å². The van der Waals surface area contributed by atoms with E-state index in [9.17, 15) is 0 Å². The van der Waals surface area contributed by atoms with E-state index in [1.54, 1.807) is 29.9 Å². The number of H-pyrrole nitrogens is 2. The van der Waals surface area contributed by atoms with Gasteiger partial charge >= 0.3 is 0 Å². The highest BCUT2D eigenvalue weighted by Gasteiger charge is 2.17. The van der Waals surface area contributed by atoms with E-state index < -0.39 is 0 Å². The van der Waals surface area contributed by atoms with E-state index >= 15 is 0 Å². The van der Waals surface area contributed by atoms with Crippen molar-refractivity contribution < 1.29 is 0 Å². The lowest BCUT2D eigenvalue weighted by Gasteiger charge is -2.00. The second-order valence-electron chi connectivity index (χ2n) is 6.96. The second kappa shape index (κ2) is 6.57. The van der Waals surface area contributed by atoms with Crippen molar-refractivity contribution in [3.05, 3.63) is 65.9 Å². The Bertz CT molecular complexity index is 1510. The topological polar surface area (TPSA) is 96.0 Å². The average molecular weight is 409 g/mol. The Morgan fingerprint density at radius 3 is 2.73 bits per heavy atom. The van der Waals surface area contributed by atoms with Crippen LogP contribution in [-0.2, 0) is 0 Å². The van der Waals surface area contributed by atoms with Crippen LogP contribution in [0, 0.1) is 6.92 Å². The first-order valence-corrected chi connectivity index (χ1v) is 10.3. The van der Waals surface area contributed by atoms with Crippen molar-refractivity contribution >= 4 is 33.4 Å². The molecule has 30 heavy (non-hydrogen) atoms. The molecule has 0 aliphatic rings. The number of fused-ring (bicyclic) bond motifs is 2.